The van der Waals surface area contributed by atoms with Gasteiger partial charge in [0.1, 0.15) is 0 Å². The molecule has 0 aliphatic heterocycles. The van der Waals surface area contributed by atoms with E-state index in [-0.39, 0.29) is 18.4 Å². The van der Waals surface area contributed by atoms with Gasteiger partial charge in [-0.25, -0.2) is 0 Å². The number of nitrogens with zero attached hydrogens (tertiary/aromatic N) is 1. The Bertz CT molecular complexity index is 936. The maximum atomic E-state index is 11.9. The predicted octanol–water partition coefficient (Wildman–Crippen LogP) is 2.06. The molecule has 6 nitrogen and oxygen atoms in total. The van der Waals surface area contributed by atoms with Crippen molar-refractivity contribution in [1.29, 1.82) is 5.41 Å². The number of carbonyl (C=O) groups excluding carboxylic acids is 1. The van der Waals surface area contributed by atoms with Crippen molar-refractivity contribution in [2.45, 2.75) is 6.42 Å². The molecular formula is C27H35N4O2P. The summed E-state index contributed by atoms with van der Waals surface area (Å²) in [6.45, 7) is 1.58. The molecule has 0 saturated heterocycles. The molecule has 0 saturated carbocycles. The van der Waals surface area contributed by atoms with E-state index in [9.17, 15) is 4.79 Å². The number of amides is 1. The molecule has 0 bridgehead atoms. The maximum absolute atomic E-state index is 11.9. The van der Waals surface area contributed by atoms with Crippen LogP contribution in [-0.4, -0.2) is 56.3 Å². The van der Waals surface area contributed by atoms with Gasteiger partial charge in [0.15, 0.2) is 0 Å². The molecular weight excluding hydrogens is 443 g/mol. The fourth-order valence-corrected chi connectivity index (χ4v) is 9.09. The number of hydrogen-bond donors (Lipinski definition) is 3. The summed E-state index contributed by atoms with van der Waals surface area (Å²) in [5.41, 5.74) is 5.36. The number of benzene rings is 3. The zero-order valence-electron chi connectivity index (χ0n) is 19.7. The summed E-state index contributed by atoms with van der Waals surface area (Å²) in [7, 11) is -0.615. The standard InChI is InChI=1S/C27H35N4O2P/c1-31(27(28)29)22-26(32)30-18-20-33-19-11-21-34(23-12-5-2-6-13-23,24-14-7-3-8-15-24)25-16-9-4-10-17-25/h2-10,12-17,34H,11,18-22H2,1H3,(H3,28,29)(H,30,32). The Balaban J connectivity index is 1.65. The fourth-order valence-electron chi connectivity index (χ4n) is 4.26. The zero-order chi connectivity index (χ0) is 24.2. The van der Waals surface area contributed by atoms with E-state index in [0.717, 1.165) is 12.6 Å². The number of hydrogen-bond acceptors (Lipinski definition) is 3. The summed E-state index contributed by atoms with van der Waals surface area (Å²) in [5.74, 6) is -0.306. The van der Waals surface area contributed by atoms with E-state index < -0.39 is 7.26 Å². The summed E-state index contributed by atoms with van der Waals surface area (Å²) in [4.78, 5) is 13.3. The molecule has 0 aliphatic rings. The number of nitrogens with one attached hydrogen (secondary N) is 2. The molecule has 0 fully saturated rings. The average Bonchev–Trinajstić information content (AvgIpc) is 2.87. The van der Waals surface area contributed by atoms with Gasteiger partial charge in [0, 0.05) is 0 Å². The second-order valence-electron chi connectivity index (χ2n) is 8.31. The number of guanidine groups is 1. The SMILES string of the molecule is CN(CC(=O)NCCOCCC[PH](c1ccccc1)(c1ccccc1)c1ccccc1)C(=N)N. The van der Waals surface area contributed by atoms with E-state index in [2.05, 4.69) is 96.3 Å². The van der Waals surface area contributed by atoms with Gasteiger partial charge in [-0.2, -0.15) is 0 Å². The number of ether oxygens (including phenoxy) is 1. The molecule has 180 valence electrons. The first-order valence-electron chi connectivity index (χ1n) is 11.6. The predicted molar refractivity (Wildman–Crippen MR) is 144 cm³/mol. The van der Waals surface area contributed by atoms with Gasteiger partial charge in [0.05, 0.1) is 0 Å². The quantitative estimate of drug-likeness (QED) is 0.161. The molecule has 34 heavy (non-hydrogen) atoms. The monoisotopic (exact) mass is 478 g/mol. The van der Waals surface area contributed by atoms with Crippen molar-refractivity contribution in [3.05, 3.63) is 91.0 Å². The van der Waals surface area contributed by atoms with Crippen LogP contribution in [0, 0.1) is 5.41 Å². The van der Waals surface area contributed by atoms with Gasteiger partial charge >= 0.3 is 203 Å². The van der Waals surface area contributed by atoms with Crippen molar-refractivity contribution in [1.82, 2.24) is 10.2 Å². The van der Waals surface area contributed by atoms with Crippen LogP contribution < -0.4 is 27.0 Å². The van der Waals surface area contributed by atoms with E-state index in [1.807, 2.05) is 0 Å². The second-order valence-corrected chi connectivity index (χ2v) is 12.4. The molecule has 0 spiro atoms. The van der Waals surface area contributed by atoms with Crippen molar-refractivity contribution in [2.75, 3.05) is 39.5 Å². The molecule has 1 amide bonds. The molecule has 3 aromatic carbocycles. The normalized spacial score (nSPS) is 11.6. The van der Waals surface area contributed by atoms with Crippen LogP contribution in [0.25, 0.3) is 0 Å². The first kappa shape index (κ1) is 25.4. The minimum absolute atomic E-state index is 0.0642. The summed E-state index contributed by atoms with van der Waals surface area (Å²) in [5, 5.41) is 14.3. The van der Waals surface area contributed by atoms with Gasteiger partial charge in [-0.15, -0.1) is 0 Å². The number of nitrogens with two attached hydrogens (primary N) is 1. The van der Waals surface area contributed by atoms with Crippen LogP contribution in [-0.2, 0) is 9.53 Å². The van der Waals surface area contributed by atoms with Crippen LogP contribution >= 0.6 is 7.26 Å². The van der Waals surface area contributed by atoms with Crippen LogP contribution in [0.5, 0.6) is 0 Å². The summed E-state index contributed by atoms with van der Waals surface area (Å²) in [6, 6.07) is 32.6. The van der Waals surface area contributed by atoms with Crippen molar-refractivity contribution >= 4 is 35.0 Å². The number of likely N-dealkylation sites (N-methyl/N-ethyl adjacent to an activating group) is 1. The average molecular weight is 479 g/mol. The molecule has 3 rings (SSSR count). The molecule has 0 aliphatic carbocycles. The molecule has 7 heteroatoms. The molecule has 0 aromatic heterocycles. The summed E-state index contributed by atoms with van der Waals surface area (Å²) < 4.78 is 5.87. The van der Waals surface area contributed by atoms with Crippen LogP contribution in [0.1, 0.15) is 6.42 Å². The number of rotatable bonds is 12. The Morgan fingerprint density at radius 1 is 0.882 bits per heavy atom. The molecule has 3 aromatic rings. The summed E-state index contributed by atoms with van der Waals surface area (Å²) in [6.07, 6.45) is 1.95. The molecule has 0 heterocycles. The van der Waals surface area contributed by atoms with Crippen molar-refractivity contribution < 1.29 is 9.53 Å². The third kappa shape index (κ3) is 6.66. The third-order valence-corrected chi connectivity index (χ3v) is 11.1. The van der Waals surface area contributed by atoms with Crippen molar-refractivity contribution in [3.8, 4) is 0 Å². The third-order valence-electron chi connectivity index (χ3n) is 6.00. The second kappa shape index (κ2) is 12.9. The van der Waals surface area contributed by atoms with Crippen molar-refractivity contribution in [3.63, 3.8) is 0 Å². The Morgan fingerprint density at radius 2 is 1.35 bits per heavy atom. The van der Waals surface area contributed by atoms with Gasteiger partial charge < -0.3 is 0 Å². The van der Waals surface area contributed by atoms with Crippen LogP contribution in [0.2, 0.25) is 0 Å². The summed E-state index contributed by atoms with van der Waals surface area (Å²) >= 11 is 0. The van der Waals surface area contributed by atoms with Crippen LogP contribution in [0.15, 0.2) is 91.0 Å². The Kier molecular flexibility index (Phi) is 9.62. The van der Waals surface area contributed by atoms with Gasteiger partial charge in [0.25, 0.3) is 0 Å². The first-order valence-corrected chi connectivity index (χ1v) is 13.8. The molecule has 4 N–H and O–H groups in total. The Labute approximate surface area is 203 Å². The van der Waals surface area contributed by atoms with E-state index in [4.69, 9.17) is 15.9 Å². The van der Waals surface area contributed by atoms with Gasteiger partial charge in [-0.05, 0) is 0 Å². The Hall–Kier alpha value is -3.21. The van der Waals surface area contributed by atoms with Gasteiger partial charge in [0.2, 0.25) is 0 Å². The molecule has 0 atom stereocenters. The van der Waals surface area contributed by atoms with Crippen LogP contribution in [0.3, 0.4) is 0 Å². The molecule has 0 unspecified atom stereocenters. The van der Waals surface area contributed by atoms with E-state index in [1.54, 1.807) is 7.05 Å². The minimum atomic E-state index is -2.23. The van der Waals surface area contributed by atoms with Crippen LogP contribution in [0.4, 0.5) is 0 Å². The van der Waals surface area contributed by atoms with Crippen molar-refractivity contribution in [2.24, 2.45) is 5.73 Å². The van der Waals surface area contributed by atoms with E-state index >= 15 is 0 Å². The zero-order valence-corrected chi connectivity index (χ0v) is 20.7. The topological polar surface area (TPSA) is 91.4 Å². The Morgan fingerprint density at radius 3 is 1.79 bits per heavy atom. The number of carbonyl (C=O) groups is 1. The van der Waals surface area contributed by atoms with E-state index in [1.165, 1.54) is 20.8 Å². The first-order chi connectivity index (χ1) is 16.5. The van der Waals surface area contributed by atoms with E-state index in [0.29, 0.717) is 19.8 Å². The van der Waals surface area contributed by atoms with Gasteiger partial charge in [-0.3, -0.25) is 0 Å². The fraction of sp³-hybridized carbons (Fsp3) is 0.259. The molecule has 0 radical (unpaired) electrons. The van der Waals surface area contributed by atoms with Gasteiger partial charge in [-0.1, -0.05) is 0 Å².